The molecule has 0 saturated carbocycles. The summed E-state index contributed by atoms with van der Waals surface area (Å²) in [6.07, 6.45) is 0.0912. The fourth-order valence-electron chi connectivity index (χ4n) is 3.14. The fourth-order valence-corrected chi connectivity index (χ4v) is 3.14. The molecule has 0 fully saturated rings. The van der Waals surface area contributed by atoms with Crippen molar-refractivity contribution in [3.63, 3.8) is 0 Å². The van der Waals surface area contributed by atoms with Crippen molar-refractivity contribution in [3.8, 4) is 0 Å². The molecule has 2 rings (SSSR count). The number of carbonyl (C=O) groups is 2. The number of benzene rings is 2. The van der Waals surface area contributed by atoms with Crippen molar-refractivity contribution in [3.05, 3.63) is 65.5 Å². The van der Waals surface area contributed by atoms with E-state index in [0.29, 0.717) is 5.69 Å². The summed E-state index contributed by atoms with van der Waals surface area (Å²) in [5.41, 5.74) is 2.48. The van der Waals surface area contributed by atoms with Gasteiger partial charge in [0.2, 0.25) is 0 Å². The first kappa shape index (κ1) is 22.4. The lowest BCUT2D eigenvalue weighted by atomic mass is 9.98. The molecule has 6 heteroatoms. The van der Waals surface area contributed by atoms with Crippen molar-refractivity contribution in [2.75, 3.05) is 11.9 Å². The van der Waals surface area contributed by atoms with Gasteiger partial charge in [0.1, 0.15) is 5.82 Å². The predicted octanol–water partition coefficient (Wildman–Crippen LogP) is 5.15. The smallest absolute Gasteiger partial charge is 0.322 e. The summed E-state index contributed by atoms with van der Waals surface area (Å²) in [5, 5.41) is 2.92. The molecule has 2 aromatic rings. The summed E-state index contributed by atoms with van der Waals surface area (Å²) in [7, 11) is 0. The van der Waals surface area contributed by atoms with Crippen LogP contribution in [0.1, 0.15) is 38.3 Å². The maximum absolute atomic E-state index is 13.3. The monoisotopic (exact) mass is 400 g/mol. The fraction of sp³-hybridized carbons (Fsp3) is 0.391. The third-order valence-corrected chi connectivity index (χ3v) is 4.65. The van der Waals surface area contributed by atoms with Gasteiger partial charge in [-0.25, -0.2) is 9.18 Å². The zero-order valence-electron chi connectivity index (χ0n) is 17.4. The lowest BCUT2D eigenvalue weighted by Gasteiger charge is -2.34. The molecular weight excluding hydrogens is 371 g/mol. The van der Waals surface area contributed by atoms with E-state index in [-0.39, 0.29) is 49.3 Å². The van der Waals surface area contributed by atoms with Gasteiger partial charge in [-0.05, 0) is 55.2 Å². The number of rotatable bonds is 8. The minimum absolute atomic E-state index is 0.0168. The minimum Gasteiger partial charge on any atom is -0.466 e. The van der Waals surface area contributed by atoms with Gasteiger partial charge in [-0.15, -0.1) is 0 Å². The number of anilines is 1. The van der Waals surface area contributed by atoms with Crippen molar-refractivity contribution in [2.24, 2.45) is 5.92 Å². The summed E-state index contributed by atoms with van der Waals surface area (Å²) in [4.78, 5) is 26.9. The molecule has 0 heterocycles. The van der Waals surface area contributed by atoms with Crippen molar-refractivity contribution in [1.82, 2.24) is 4.90 Å². The third-order valence-electron chi connectivity index (χ3n) is 4.65. The van der Waals surface area contributed by atoms with Crippen molar-refractivity contribution >= 4 is 17.7 Å². The number of amides is 2. The zero-order chi connectivity index (χ0) is 21.4. The van der Waals surface area contributed by atoms with Crippen LogP contribution in [-0.4, -0.2) is 29.5 Å². The molecule has 0 aliphatic carbocycles. The van der Waals surface area contributed by atoms with E-state index >= 15 is 0 Å². The van der Waals surface area contributed by atoms with E-state index in [1.807, 2.05) is 45.0 Å². The van der Waals surface area contributed by atoms with E-state index in [0.717, 1.165) is 11.1 Å². The van der Waals surface area contributed by atoms with Gasteiger partial charge in [0.15, 0.2) is 0 Å². The summed E-state index contributed by atoms with van der Waals surface area (Å²) < 4.78 is 18.4. The standard InChI is InChI=1S/C23H29FN2O3/c1-5-29-22(27)14-21(16(2)3)26(15-18-9-11-19(24)12-10-18)23(28)25-20-8-6-7-17(4)13-20/h6-13,16,21H,5,14-15H2,1-4H3,(H,25,28). The molecule has 0 aliphatic rings. The molecule has 2 aromatic carbocycles. The second-order valence-electron chi connectivity index (χ2n) is 7.37. The summed E-state index contributed by atoms with van der Waals surface area (Å²) in [6, 6.07) is 12.8. The van der Waals surface area contributed by atoms with Crippen LogP contribution in [0.2, 0.25) is 0 Å². The molecule has 156 valence electrons. The van der Waals surface area contributed by atoms with Crippen LogP contribution in [0.5, 0.6) is 0 Å². The van der Waals surface area contributed by atoms with E-state index in [9.17, 15) is 14.0 Å². The highest BCUT2D eigenvalue weighted by molar-refractivity contribution is 5.90. The topological polar surface area (TPSA) is 58.6 Å². The largest absolute Gasteiger partial charge is 0.466 e. The van der Waals surface area contributed by atoms with E-state index in [1.165, 1.54) is 12.1 Å². The molecule has 1 atom stereocenters. The Morgan fingerprint density at radius 1 is 1.14 bits per heavy atom. The van der Waals surface area contributed by atoms with Gasteiger partial charge >= 0.3 is 12.0 Å². The number of carbonyl (C=O) groups excluding carboxylic acids is 2. The molecular formula is C23H29FN2O3. The Labute approximate surface area is 171 Å². The molecule has 0 bridgehead atoms. The number of nitrogens with zero attached hydrogens (tertiary/aromatic N) is 1. The highest BCUT2D eigenvalue weighted by Gasteiger charge is 2.29. The van der Waals surface area contributed by atoms with Crippen LogP contribution in [-0.2, 0) is 16.1 Å². The predicted molar refractivity (Wildman–Crippen MR) is 112 cm³/mol. The Morgan fingerprint density at radius 2 is 1.83 bits per heavy atom. The number of ether oxygens (including phenoxy) is 1. The maximum Gasteiger partial charge on any atom is 0.322 e. The lowest BCUT2D eigenvalue weighted by molar-refractivity contribution is -0.144. The Kier molecular flexibility index (Phi) is 8.19. The first-order chi connectivity index (χ1) is 13.8. The number of hydrogen-bond acceptors (Lipinski definition) is 3. The third kappa shape index (κ3) is 6.89. The normalized spacial score (nSPS) is 11.8. The average molecular weight is 400 g/mol. The molecule has 0 aromatic heterocycles. The van der Waals surface area contributed by atoms with Gasteiger partial charge in [-0.3, -0.25) is 4.79 Å². The molecule has 29 heavy (non-hydrogen) atoms. The van der Waals surface area contributed by atoms with E-state index in [2.05, 4.69) is 5.32 Å². The number of hydrogen-bond donors (Lipinski definition) is 1. The number of halogens is 1. The highest BCUT2D eigenvalue weighted by Crippen LogP contribution is 2.21. The van der Waals surface area contributed by atoms with Gasteiger partial charge in [0, 0.05) is 18.3 Å². The molecule has 0 aliphatic heterocycles. The van der Waals surface area contributed by atoms with Crippen molar-refractivity contribution < 1.29 is 18.7 Å². The van der Waals surface area contributed by atoms with Crippen LogP contribution in [0.25, 0.3) is 0 Å². The first-order valence-corrected chi connectivity index (χ1v) is 9.84. The van der Waals surface area contributed by atoms with Crippen molar-refractivity contribution in [2.45, 2.75) is 46.7 Å². The molecule has 1 N–H and O–H groups in total. The maximum atomic E-state index is 13.3. The Morgan fingerprint density at radius 3 is 2.41 bits per heavy atom. The highest BCUT2D eigenvalue weighted by atomic mass is 19.1. The zero-order valence-corrected chi connectivity index (χ0v) is 17.4. The molecule has 0 radical (unpaired) electrons. The quantitative estimate of drug-likeness (QED) is 0.624. The molecule has 5 nitrogen and oxygen atoms in total. The Hall–Kier alpha value is -2.89. The van der Waals surface area contributed by atoms with Crippen LogP contribution in [0.15, 0.2) is 48.5 Å². The molecule has 0 saturated heterocycles. The second-order valence-corrected chi connectivity index (χ2v) is 7.37. The number of aryl methyl sites for hydroxylation is 1. The number of urea groups is 1. The number of nitrogens with one attached hydrogen (secondary N) is 1. The van der Waals surface area contributed by atoms with Crippen LogP contribution in [0.4, 0.5) is 14.9 Å². The van der Waals surface area contributed by atoms with Gasteiger partial charge in [0.05, 0.1) is 13.0 Å². The van der Waals surface area contributed by atoms with Gasteiger partial charge in [-0.2, -0.15) is 0 Å². The minimum atomic E-state index is -0.371. The van der Waals surface area contributed by atoms with Crippen LogP contribution in [0, 0.1) is 18.7 Å². The summed E-state index contributed by atoms with van der Waals surface area (Å²) >= 11 is 0. The van der Waals surface area contributed by atoms with Crippen LogP contribution >= 0.6 is 0 Å². The number of esters is 1. The average Bonchev–Trinajstić information content (AvgIpc) is 2.66. The van der Waals surface area contributed by atoms with Gasteiger partial charge < -0.3 is 15.0 Å². The van der Waals surface area contributed by atoms with Gasteiger partial charge in [-0.1, -0.05) is 38.1 Å². The molecule has 0 spiro atoms. The van der Waals surface area contributed by atoms with Crippen LogP contribution < -0.4 is 5.32 Å². The second kappa shape index (κ2) is 10.6. The molecule has 1 unspecified atom stereocenters. The van der Waals surface area contributed by atoms with Crippen LogP contribution in [0.3, 0.4) is 0 Å². The summed E-state index contributed by atoms with van der Waals surface area (Å²) in [6.45, 7) is 8.16. The summed E-state index contributed by atoms with van der Waals surface area (Å²) in [5.74, 6) is -0.668. The SMILES string of the molecule is CCOC(=O)CC(C(C)C)N(Cc1ccc(F)cc1)C(=O)Nc1cccc(C)c1. The van der Waals surface area contributed by atoms with E-state index in [1.54, 1.807) is 24.0 Å². The van der Waals surface area contributed by atoms with Gasteiger partial charge in [0.25, 0.3) is 0 Å². The first-order valence-electron chi connectivity index (χ1n) is 9.84. The molecule has 2 amide bonds. The Bertz CT molecular complexity index is 821. The van der Waals surface area contributed by atoms with E-state index in [4.69, 9.17) is 4.74 Å². The van der Waals surface area contributed by atoms with Crippen molar-refractivity contribution in [1.29, 1.82) is 0 Å². The lowest BCUT2D eigenvalue weighted by Crippen LogP contribution is -2.46. The van der Waals surface area contributed by atoms with E-state index < -0.39 is 0 Å². The Balaban J connectivity index is 2.29.